The Hall–Kier alpha value is -2.10. The molecule has 0 aliphatic carbocycles. The van der Waals surface area contributed by atoms with E-state index in [0.717, 1.165) is 10.9 Å². The normalized spacial score (nSPS) is 10.6. The minimum absolute atomic E-state index is 0.0181. The Morgan fingerprint density at radius 1 is 1.32 bits per heavy atom. The molecule has 1 aromatic heterocycles. The minimum atomic E-state index is -0.205. The molecule has 4 heteroatoms. The molecule has 0 aliphatic rings. The Balaban J connectivity index is 2.24. The summed E-state index contributed by atoms with van der Waals surface area (Å²) < 4.78 is 6.44. The molecule has 1 heterocycles. The third kappa shape index (κ3) is 3.02. The van der Waals surface area contributed by atoms with E-state index >= 15 is 0 Å². The zero-order valence-electron chi connectivity index (χ0n) is 11.2. The zero-order valence-corrected chi connectivity index (χ0v) is 11.2. The van der Waals surface area contributed by atoms with Crippen LogP contribution in [0.4, 0.5) is 0 Å². The van der Waals surface area contributed by atoms with Crippen LogP contribution < -0.4 is 5.56 Å². The van der Waals surface area contributed by atoms with E-state index in [-0.39, 0.29) is 11.5 Å². The second kappa shape index (κ2) is 5.69. The van der Waals surface area contributed by atoms with E-state index in [1.807, 2.05) is 24.3 Å². The largest absolute Gasteiger partial charge is 0.466 e. The fourth-order valence-electron chi connectivity index (χ4n) is 2.02. The lowest BCUT2D eigenvalue weighted by atomic mass is 10.1. The van der Waals surface area contributed by atoms with E-state index in [1.165, 1.54) is 0 Å². The van der Waals surface area contributed by atoms with Crippen molar-refractivity contribution in [1.29, 1.82) is 0 Å². The van der Waals surface area contributed by atoms with Gasteiger partial charge in [-0.3, -0.25) is 9.59 Å². The summed E-state index contributed by atoms with van der Waals surface area (Å²) in [5.74, 6) is -0.205. The molecule has 0 fully saturated rings. The van der Waals surface area contributed by atoms with Gasteiger partial charge in [-0.2, -0.15) is 0 Å². The lowest BCUT2D eigenvalue weighted by Crippen LogP contribution is -2.15. The maximum atomic E-state index is 12.0. The van der Waals surface area contributed by atoms with Gasteiger partial charge in [-0.05, 0) is 36.4 Å². The maximum Gasteiger partial charge on any atom is 0.306 e. The van der Waals surface area contributed by atoms with Crippen LogP contribution in [-0.4, -0.2) is 17.1 Å². The maximum absolute atomic E-state index is 12.0. The molecule has 0 bridgehead atoms. The topological polar surface area (TPSA) is 48.3 Å². The lowest BCUT2D eigenvalue weighted by Gasteiger charge is -2.05. The van der Waals surface area contributed by atoms with Crippen molar-refractivity contribution >= 4 is 16.7 Å². The van der Waals surface area contributed by atoms with E-state index in [0.29, 0.717) is 24.8 Å². The number of rotatable bonds is 4. The number of aromatic nitrogens is 1. The quantitative estimate of drug-likeness (QED) is 0.789. The first-order chi connectivity index (χ1) is 9.11. The van der Waals surface area contributed by atoms with Crippen molar-refractivity contribution in [3.8, 4) is 0 Å². The molecule has 0 aliphatic heterocycles. The van der Waals surface area contributed by atoms with Crippen molar-refractivity contribution in [2.75, 3.05) is 6.61 Å². The highest BCUT2D eigenvalue weighted by atomic mass is 16.5. The SMILES string of the molecule is CCOC(=O)CCc1ccc2ccn(C)c(=O)c2c1. The fourth-order valence-corrected chi connectivity index (χ4v) is 2.02. The van der Waals surface area contributed by atoms with Gasteiger partial charge >= 0.3 is 5.97 Å². The van der Waals surface area contributed by atoms with E-state index < -0.39 is 0 Å². The molecule has 0 saturated heterocycles. The molecule has 0 spiro atoms. The van der Waals surface area contributed by atoms with Crippen LogP contribution in [0.1, 0.15) is 18.9 Å². The van der Waals surface area contributed by atoms with Crippen LogP contribution in [0.5, 0.6) is 0 Å². The Kier molecular flexibility index (Phi) is 4.00. The van der Waals surface area contributed by atoms with Crippen LogP contribution in [0.3, 0.4) is 0 Å². The molecular formula is C15H17NO3. The minimum Gasteiger partial charge on any atom is -0.466 e. The van der Waals surface area contributed by atoms with Crippen molar-refractivity contribution in [3.05, 3.63) is 46.4 Å². The van der Waals surface area contributed by atoms with E-state index in [2.05, 4.69) is 0 Å². The third-order valence-corrected chi connectivity index (χ3v) is 3.07. The Labute approximate surface area is 111 Å². The second-order valence-electron chi connectivity index (χ2n) is 4.46. The van der Waals surface area contributed by atoms with Gasteiger partial charge in [-0.25, -0.2) is 0 Å². The Bertz CT molecular complexity index is 658. The van der Waals surface area contributed by atoms with Gasteiger partial charge < -0.3 is 9.30 Å². The van der Waals surface area contributed by atoms with Crippen molar-refractivity contribution in [2.45, 2.75) is 19.8 Å². The summed E-state index contributed by atoms with van der Waals surface area (Å²) in [5.41, 5.74) is 0.958. The van der Waals surface area contributed by atoms with Gasteiger partial charge in [0, 0.05) is 25.1 Å². The predicted octanol–water partition coefficient (Wildman–Crippen LogP) is 2.03. The van der Waals surface area contributed by atoms with Crippen LogP contribution in [0, 0.1) is 0 Å². The molecule has 0 saturated carbocycles. The first kappa shape index (κ1) is 13.3. The molecule has 100 valence electrons. The molecular weight excluding hydrogens is 242 g/mol. The number of pyridine rings is 1. The molecule has 19 heavy (non-hydrogen) atoms. The number of fused-ring (bicyclic) bond motifs is 1. The summed E-state index contributed by atoms with van der Waals surface area (Å²) in [6.07, 6.45) is 2.68. The van der Waals surface area contributed by atoms with Gasteiger partial charge in [-0.1, -0.05) is 12.1 Å². The first-order valence-electron chi connectivity index (χ1n) is 6.35. The summed E-state index contributed by atoms with van der Waals surface area (Å²) in [4.78, 5) is 23.3. The van der Waals surface area contributed by atoms with Crippen molar-refractivity contribution < 1.29 is 9.53 Å². The molecule has 0 amide bonds. The summed E-state index contributed by atoms with van der Waals surface area (Å²) >= 11 is 0. The highest BCUT2D eigenvalue weighted by molar-refractivity contribution is 5.82. The van der Waals surface area contributed by atoms with Crippen molar-refractivity contribution in [3.63, 3.8) is 0 Å². The zero-order chi connectivity index (χ0) is 13.8. The van der Waals surface area contributed by atoms with Crippen LogP contribution in [0.15, 0.2) is 35.3 Å². The molecule has 4 nitrogen and oxygen atoms in total. The smallest absolute Gasteiger partial charge is 0.306 e. The Morgan fingerprint density at radius 2 is 2.11 bits per heavy atom. The Morgan fingerprint density at radius 3 is 2.84 bits per heavy atom. The first-order valence-corrected chi connectivity index (χ1v) is 6.35. The summed E-state index contributed by atoms with van der Waals surface area (Å²) in [5, 5.41) is 1.61. The molecule has 1 aromatic carbocycles. The van der Waals surface area contributed by atoms with E-state index in [4.69, 9.17) is 4.74 Å². The second-order valence-corrected chi connectivity index (χ2v) is 4.46. The van der Waals surface area contributed by atoms with Gasteiger partial charge in [0.1, 0.15) is 0 Å². The van der Waals surface area contributed by atoms with Crippen LogP contribution in [-0.2, 0) is 23.0 Å². The number of carbonyl (C=O) groups excluding carboxylic acids is 1. The number of benzene rings is 1. The highest BCUT2D eigenvalue weighted by Gasteiger charge is 2.05. The van der Waals surface area contributed by atoms with Gasteiger partial charge in [0.2, 0.25) is 0 Å². The number of carbonyl (C=O) groups is 1. The van der Waals surface area contributed by atoms with Gasteiger partial charge in [0.05, 0.1) is 6.61 Å². The predicted molar refractivity (Wildman–Crippen MR) is 74.1 cm³/mol. The van der Waals surface area contributed by atoms with Crippen molar-refractivity contribution in [1.82, 2.24) is 4.57 Å². The van der Waals surface area contributed by atoms with E-state index in [1.54, 1.807) is 24.7 Å². The molecule has 0 radical (unpaired) electrons. The molecule has 0 unspecified atom stereocenters. The van der Waals surface area contributed by atoms with Crippen LogP contribution in [0.25, 0.3) is 10.8 Å². The molecule has 0 N–H and O–H groups in total. The number of hydrogen-bond donors (Lipinski definition) is 0. The summed E-state index contributed by atoms with van der Waals surface area (Å²) in [6.45, 7) is 2.19. The van der Waals surface area contributed by atoms with Gasteiger partial charge in [0.15, 0.2) is 0 Å². The van der Waals surface area contributed by atoms with Crippen LogP contribution >= 0.6 is 0 Å². The van der Waals surface area contributed by atoms with Crippen molar-refractivity contribution in [2.24, 2.45) is 7.05 Å². The number of esters is 1. The monoisotopic (exact) mass is 259 g/mol. The van der Waals surface area contributed by atoms with Gasteiger partial charge in [0.25, 0.3) is 5.56 Å². The lowest BCUT2D eigenvalue weighted by molar-refractivity contribution is -0.143. The third-order valence-electron chi connectivity index (χ3n) is 3.07. The summed E-state index contributed by atoms with van der Waals surface area (Å²) in [6, 6.07) is 7.63. The number of nitrogens with zero attached hydrogens (tertiary/aromatic N) is 1. The standard InChI is InChI=1S/C15H17NO3/c1-3-19-14(17)7-5-11-4-6-12-8-9-16(2)15(18)13(12)10-11/h4,6,8-10H,3,5,7H2,1-2H3. The highest BCUT2D eigenvalue weighted by Crippen LogP contribution is 2.13. The molecule has 0 atom stereocenters. The number of ether oxygens (including phenoxy) is 1. The van der Waals surface area contributed by atoms with Gasteiger partial charge in [-0.15, -0.1) is 0 Å². The number of hydrogen-bond acceptors (Lipinski definition) is 3. The fraction of sp³-hybridized carbons (Fsp3) is 0.333. The average molecular weight is 259 g/mol. The molecule has 2 rings (SSSR count). The average Bonchev–Trinajstić information content (AvgIpc) is 2.41. The van der Waals surface area contributed by atoms with E-state index in [9.17, 15) is 9.59 Å². The van der Waals surface area contributed by atoms with Crippen LogP contribution in [0.2, 0.25) is 0 Å². The molecule has 2 aromatic rings. The number of aryl methyl sites for hydroxylation is 2. The summed E-state index contributed by atoms with van der Waals surface area (Å²) in [7, 11) is 1.73.